The average Bonchev–Trinajstić information content (AvgIpc) is 2.94. The molecule has 3 heteroatoms. The lowest BCUT2D eigenvalue weighted by atomic mass is 9.95. The Morgan fingerprint density at radius 2 is 1.72 bits per heavy atom. The summed E-state index contributed by atoms with van der Waals surface area (Å²) >= 11 is 0. The smallest absolute Gasteiger partial charge is 0.194 e. The predicted molar refractivity (Wildman–Crippen MR) is 103 cm³/mol. The van der Waals surface area contributed by atoms with Crippen LogP contribution in [-0.4, -0.2) is 11.6 Å². The molecule has 25 heavy (non-hydrogen) atoms. The van der Waals surface area contributed by atoms with Crippen LogP contribution in [0.4, 0.5) is 0 Å². The van der Waals surface area contributed by atoms with E-state index in [9.17, 15) is 0 Å². The molecule has 0 fully saturated rings. The molecule has 0 aliphatic rings. The number of benzene rings is 1. The maximum atomic E-state index is 6.00. The first kappa shape index (κ1) is 17.5. The van der Waals surface area contributed by atoms with Gasteiger partial charge in [-0.3, -0.25) is 0 Å². The molecule has 0 unspecified atom stereocenters. The highest BCUT2D eigenvalue weighted by Crippen LogP contribution is 2.38. The van der Waals surface area contributed by atoms with Gasteiger partial charge < -0.3 is 9.15 Å². The normalized spacial score (nSPS) is 11.2. The highest BCUT2D eigenvalue weighted by Gasteiger charge is 2.18. The molecule has 0 aliphatic heterocycles. The van der Waals surface area contributed by atoms with Crippen molar-refractivity contribution in [2.75, 3.05) is 6.61 Å². The molecule has 0 atom stereocenters. The Hall–Kier alpha value is -2.29. The summed E-state index contributed by atoms with van der Waals surface area (Å²) in [6, 6.07) is 6.38. The van der Waals surface area contributed by atoms with E-state index >= 15 is 0 Å². The van der Waals surface area contributed by atoms with Gasteiger partial charge in [0.25, 0.3) is 0 Å². The molecule has 3 aromatic rings. The fourth-order valence-corrected chi connectivity index (χ4v) is 3.53. The van der Waals surface area contributed by atoms with Gasteiger partial charge in [-0.15, -0.1) is 0 Å². The lowest BCUT2D eigenvalue weighted by Crippen LogP contribution is -1.98. The average molecular weight is 337 g/mol. The highest BCUT2D eigenvalue weighted by molar-refractivity contribution is 5.95. The third-order valence-corrected chi connectivity index (χ3v) is 4.57. The van der Waals surface area contributed by atoms with Crippen LogP contribution in [0.1, 0.15) is 48.6 Å². The maximum absolute atomic E-state index is 6.00. The molecular formula is C22H27NO2. The summed E-state index contributed by atoms with van der Waals surface area (Å²) in [6.45, 7) is 11.3. The van der Waals surface area contributed by atoms with E-state index < -0.39 is 0 Å². The molecule has 1 aromatic carbocycles. The minimum Gasteiger partial charge on any atom is -0.490 e. The number of hydrogen-bond acceptors (Lipinski definition) is 3. The molecule has 0 amide bonds. The minimum atomic E-state index is 0.713. The van der Waals surface area contributed by atoms with Crippen LogP contribution in [0.3, 0.4) is 0 Å². The van der Waals surface area contributed by atoms with Gasteiger partial charge in [-0.25, -0.2) is 4.98 Å². The van der Waals surface area contributed by atoms with Crippen molar-refractivity contribution in [1.29, 1.82) is 0 Å². The molecule has 0 aliphatic carbocycles. The molecule has 3 nitrogen and oxygen atoms in total. The summed E-state index contributed by atoms with van der Waals surface area (Å²) in [4.78, 5) is 4.75. The quantitative estimate of drug-likeness (QED) is 0.495. The second-order valence-electron chi connectivity index (χ2n) is 6.92. The monoisotopic (exact) mass is 337 g/mol. The van der Waals surface area contributed by atoms with Gasteiger partial charge in [0.15, 0.2) is 11.3 Å². The second-order valence-corrected chi connectivity index (χ2v) is 6.92. The summed E-state index contributed by atoms with van der Waals surface area (Å²) < 4.78 is 11.9. The fraction of sp³-hybridized carbons (Fsp3) is 0.409. The van der Waals surface area contributed by atoms with Crippen LogP contribution in [-0.2, 0) is 0 Å². The van der Waals surface area contributed by atoms with Crippen molar-refractivity contribution in [3.63, 3.8) is 0 Å². The molecule has 2 heterocycles. The van der Waals surface area contributed by atoms with E-state index in [-0.39, 0.29) is 0 Å². The van der Waals surface area contributed by atoms with Crippen LogP contribution >= 0.6 is 0 Å². The van der Waals surface area contributed by atoms with Gasteiger partial charge in [0.05, 0.1) is 6.61 Å². The number of unbranched alkanes of at least 4 members (excludes halogenated alkanes) is 2. The molecule has 3 rings (SSSR count). The molecule has 0 N–H and O–H groups in total. The zero-order chi connectivity index (χ0) is 18.0. The maximum Gasteiger partial charge on any atom is 0.194 e. The van der Waals surface area contributed by atoms with Crippen LogP contribution in [0.15, 0.2) is 28.9 Å². The van der Waals surface area contributed by atoms with E-state index in [0.717, 1.165) is 34.5 Å². The Labute approximate surface area is 150 Å². The van der Waals surface area contributed by atoms with Crippen molar-refractivity contribution in [3.05, 3.63) is 46.8 Å². The third-order valence-electron chi connectivity index (χ3n) is 4.57. The molecule has 132 valence electrons. The number of aromatic nitrogens is 1. The Kier molecular flexibility index (Phi) is 5.12. The molecule has 0 spiro atoms. The van der Waals surface area contributed by atoms with Gasteiger partial charge >= 0.3 is 0 Å². The standard InChI is InChI=1S/C22H27NO2/c1-6-7-8-9-24-19-12-17(5)23-21-18(13-25-22(19)21)20-15(3)10-14(2)11-16(20)4/h10-13H,6-9H2,1-5H3. The van der Waals surface area contributed by atoms with Crippen molar-refractivity contribution in [1.82, 2.24) is 4.98 Å². The lowest BCUT2D eigenvalue weighted by molar-refractivity contribution is 0.305. The van der Waals surface area contributed by atoms with Gasteiger partial charge in [-0.05, 0) is 50.8 Å². The van der Waals surface area contributed by atoms with Crippen molar-refractivity contribution in [3.8, 4) is 16.9 Å². The number of aryl methyl sites for hydroxylation is 4. The van der Waals surface area contributed by atoms with Crippen molar-refractivity contribution >= 4 is 11.1 Å². The van der Waals surface area contributed by atoms with E-state index in [2.05, 4.69) is 39.8 Å². The molecule has 0 bridgehead atoms. The molecule has 0 saturated carbocycles. The van der Waals surface area contributed by atoms with Gasteiger partial charge in [0.1, 0.15) is 11.8 Å². The van der Waals surface area contributed by atoms with E-state index in [4.69, 9.17) is 14.1 Å². The largest absolute Gasteiger partial charge is 0.490 e. The molecular weight excluding hydrogens is 310 g/mol. The predicted octanol–water partition coefficient (Wildman–Crippen LogP) is 6.30. The number of ether oxygens (including phenoxy) is 1. The Balaban J connectivity index is 2.06. The zero-order valence-corrected chi connectivity index (χ0v) is 15.9. The molecule has 0 radical (unpaired) electrons. The topological polar surface area (TPSA) is 35.3 Å². The van der Waals surface area contributed by atoms with Gasteiger partial charge in [-0.1, -0.05) is 37.5 Å². The van der Waals surface area contributed by atoms with Crippen molar-refractivity contribution < 1.29 is 9.15 Å². The van der Waals surface area contributed by atoms with E-state index in [1.807, 2.05) is 19.3 Å². The van der Waals surface area contributed by atoms with Gasteiger partial charge in [0.2, 0.25) is 0 Å². The van der Waals surface area contributed by atoms with Crippen LogP contribution < -0.4 is 4.74 Å². The van der Waals surface area contributed by atoms with Crippen LogP contribution in [0.25, 0.3) is 22.2 Å². The Bertz CT molecular complexity index is 869. The summed E-state index contributed by atoms with van der Waals surface area (Å²) in [7, 11) is 0. The number of nitrogens with zero attached hydrogens (tertiary/aromatic N) is 1. The van der Waals surface area contributed by atoms with E-state index in [0.29, 0.717) is 6.61 Å². The molecule has 0 saturated heterocycles. The summed E-state index contributed by atoms with van der Waals surface area (Å²) in [5.41, 5.74) is 8.60. The summed E-state index contributed by atoms with van der Waals surface area (Å²) in [5.74, 6) is 0.798. The lowest BCUT2D eigenvalue weighted by Gasteiger charge is -2.11. The van der Waals surface area contributed by atoms with Crippen LogP contribution in [0.5, 0.6) is 5.75 Å². The summed E-state index contributed by atoms with van der Waals surface area (Å²) in [6.07, 6.45) is 5.24. The Morgan fingerprint density at radius 3 is 2.40 bits per heavy atom. The van der Waals surface area contributed by atoms with Crippen LogP contribution in [0.2, 0.25) is 0 Å². The van der Waals surface area contributed by atoms with Crippen molar-refractivity contribution in [2.24, 2.45) is 0 Å². The first-order chi connectivity index (χ1) is 12.0. The molecule has 2 aromatic heterocycles. The first-order valence-corrected chi connectivity index (χ1v) is 9.11. The minimum absolute atomic E-state index is 0.713. The van der Waals surface area contributed by atoms with Crippen molar-refractivity contribution in [2.45, 2.75) is 53.9 Å². The van der Waals surface area contributed by atoms with Gasteiger partial charge in [-0.2, -0.15) is 0 Å². The first-order valence-electron chi connectivity index (χ1n) is 9.11. The van der Waals surface area contributed by atoms with Crippen LogP contribution in [0, 0.1) is 27.7 Å². The second kappa shape index (κ2) is 7.30. The van der Waals surface area contributed by atoms with E-state index in [1.54, 1.807) is 0 Å². The zero-order valence-electron chi connectivity index (χ0n) is 15.9. The highest BCUT2D eigenvalue weighted by atomic mass is 16.5. The number of pyridine rings is 1. The Morgan fingerprint density at radius 1 is 1.00 bits per heavy atom. The SMILES string of the molecule is CCCCCOc1cc(C)nc2c(-c3c(C)cc(C)cc3C)coc12. The number of rotatable bonds is 6. The van der Waals surface area contributed by atoms with Gasteiger partial charge in [0, 0.05) is 17.3 Å². The third kappa shape index (κ3) is 3.55. The number of fused-ring (bicyclic) bond motifs is 1. The number of hydrogen-bond donors (Lipinski definition) is 0. The number of furan rings is 1. The fourth-order valence-electron chi connectivity index (χ4n) is 3.53. The summed E-state index contributed by atoms with van der Waals surface area (Å²) in [5, 5.41) is 0. The van der Waals surface area contributed by atoms with E-state index in [1.165, 1.54) is 35.1 Å².